The van der Waals surface area contributed by atoms with E-state index in [2.05, 4.69) is 41.0 Å². The minimum atomic E-state index is -0.962. The molecule has 0 aliphatic carbocycles. The van der Waals surface area contributed by atoms with Gasteiger partial charge < -0.3 is 19.8 Å². The van der Waals surface area contributed by atoms with Crippen molar-refractivity contribution in [3.63, 3.8) is 0 Å². The molecule has 30 heavy (non-hydrogen) atoms. The number of carboxylic acid groups (broad SMARTS) is 1. The van der Waals surface area contributed by atoms with Crippen molar-refractivity contribution in [2.45, 2.75) is 20.0 Å². The first-order chi connectivity index (χ1) is 14.4. The van der Waals surface area contributed by atoms with Gasteiger partial charge in [-0.05, 0) is 54.8 Å². The maximum absolute atomic E-state index is 10.8. The summed E-state index contributed by atoms with van der Waals surface area (Å²) in [7, 11) is 0. The van der Waals surface area contributed by atoms with Crippen LogP contribution < -0.4 is 9.64 Å². The molecule has 1 aliphatic heterocycles. The molecular weight excluding hydrogens is 380 g/mol. The summed E-state index contributed by atoms with van der Waals surface area (Å²) in [5.41, 5.74) is 4.04. The van der Waals surface area contributed by atoms with Crippen LogP contribution in [0.1, 0.15) is 18.1 Å². The smallest absolute Gasteiger partial charge is 0.328 e. The summed E-state index contributed by atoms with van der Waals surface area (Å²) in [5, 5.41) is 19.2. The van der Waals surface area contributed by atoms with Crippen LogP contribution in [0.3, 0.4) is 0 Å². The number of hydrogen-bond acceptors (Lipinski definition) is 5. The summed E-state index contributed by atoms with van der Waals surface area (Å²) in [5.74, 6) is -0.305. The van der Waals surface area contributed by atoms with Gasteiger partial charge in [0.15, 0.2) is 0 Å². The number of piperazine rings is 1. The Bertz CT molecular complexity index is 871. The Balaban J connectivity index is 1.42. The predicted octanol–water partition coefficient (Wildman–Crippen LogP) is 3.04. The van der Waals surface area contributed by atoms with Gasteiger partial charge in [-0.1, -0.05) is 24.3 Å². The third-order valence-electron chi connectivity index (χ3n) is 5.30. The van der Waals surface area contributed by atoms with Crippen LogP contribution in [0.5, 0.6) is 5.75 Å². The molecule has 6 nitrogen and oxygen atoms in total. The minimum Gasteiger partial charge on any atom is -0.491 e. The van der Waals surface area contributed by atoms with Gasteiger partial charge in [0, 0.05) is 44.5 Å². The highest BCUT2D eigenvalue weighted by molar-refractivity contribution is 5.89. The predicted molar refractivity (Wildman–Crippen MR) is 119 cm³/mol. The molecule has 2 N–H and O–H groups in total. The second kappa shape index (κ2) is 10.3. The number of rotatable bonds is 8. The van der Waals surface area contributed by atoms with E-state index in [0.29, 0.717) is 17.9 Å². The first-order valence-corrected chi connectivity index (χ1v) is 10.3. The lowest BCUT2D eigenvalue weighted by molar-refractivity contribution is -0.131. The number of benzene rings is 2. The highest BCUT2D eigenvalue weighted by atomic mass is 16.5. The fourth-order valence-electron chi connectivity index (χ4n) is 3.64. The Labute approximate surface area is 178 Å². The van der Waals surface area contributed by atoms with Crippen LogP contribution >= 0.6 is 0 Å². The van der Waals surface area contributed by atoms with Crippen LogP contribution in [0, 0.1) is 6.92 Å². The number of anilines is 1. The number of carboxylic acids is 1. The summed E-state index contributed by atoms with van der Waals surface area (Å²) in [6.07, 6.45) is 0.613. The van der Waals surface area contributed by atoms with Crippen LogP contribution in [-0.4, -0.2) is 66.5 Å². The number of aliphatic hydroxyl groups excluding tert-OH is 1. The maximum atomic E-state index is 10.8. The zero-order valence-corrected chi connectivity index (χ0v) is 17.6. The Morgan fingerprint density at radius 2 is 1.83 bits per heavy atom. The normalized spacial score (nSPS) is 16.4. The number of aryl methyl sites for hydroxylation is 1. The molecule has 0 bridgehead atoms. The molecular formula is C24H30N2O4. The van der Waals surface area contributed by atoms with E-state index in [-0.39, 0.29) is 6.61 Å². The first-order valence-electron chi connectivity index (χ1n) is 10.3. The fraction of sp³-hybridized carbons (Fsp3) is 0.375. The number of aliphatic carboxylic acids is 1. The molecule has 160 valence electrons. The lowest BCUT2D eigenvalue weighted by Gasteiger charge is -2.37. The number of ether oxygens (including phenoxy) is 1. The third-order valence-corrected chi connectivity index (χ3v) is 5.30. The average molecular weight is 411 g/mol. The monoisotopic (exact) mass is 410 g/mol. The van der Waals surface area contributed by atoms with Crippen molar-refractivity contribution >= 4 is 17.2 Å². The number of β-amino-alcohol motifs (C(OH)–C–C–N with tert-alkyl or cyclic N) is 1. The number of aliphatic hydroxyl groups is 1. The van der Waals surface area contributed by atoms with Gasteiger partial charge in [0.25, 0.3) is 0 Å². The molecule has 1 saturated heterocycles. The lowest BCUT2D eigenvalue weighted by Crippen LogP contribution is -2.49. The molecule has 0 spiro atoms. The second-order valence-corrected chi connectivity index (χ2v) is 7.78. The topological polar surface area (TPSA) is 73.2 Å². The Morgan fingerprint density at radius 1 is 1.13 bits per heavy atom. The van der Waals surface area contributed by atoms with Gasteiger partial charge in [0.1, 0.15) is 18.5 Å². The SMILES string of the molecule is CC(=CC(=O)O)c1ccc(OCC(O)CN2CCN(c3cccc(C)c3)CC2)cc1. The van der Waals surface area contributed by atoms with E-state index < -0.39 is 12.1 Å². The van der Waals surface area contributed by atoms with E-state index in [4.69, 9.17) is 9.84 Å². The first kappa shape index (κ1) is 21.9. The maximum Gasteiger partial charge on any atom is 0.328 e. The van der Waals surface area contributed by atoms with Crippen LogP contribution in [-0.2, 0) is 4.79 Å². The van der Waals surface area contributed by atoms with Gasteiger partial charge in [-0.25, -0.2) is 4.79 Å². The van der Waals surface area contributed by atoms with Gasteiger partial charge in [0.05, 0.1) is 0 Å². The molecule has 0 amide bonds. The molecule has 2 aromatic rings. The summed E-state index contributed by atoms with van der Waals surface area (Å²) in [4.78, 5) is 15.4. The zero-order chi connectivity index (χ0) is 21.5. The van der Waals surface area contributed by atoms with E-state index in [9.17, 15) is 9.90 Å². The number of nitrogens with zero attached hydrogens (tertiary/aromatic N) is 2. The van der Waals surface area contributed by atoms with Gasteiger partial charge in [-0.15, -0.1) is 0 Å². The van der Waals surface area contributed by atoms with Gasteiger partial charge >= 0.3 is 5.97 Å². The van der Waals surface area contributed by atoms with Crippen LogP contribution in [0.25, 0.3) is 5.57 Å². The Morgan fingerprint density at radius 3 is 2.47 bits per heavy atom. The van der Waals surface area contributed by atoms with Gasteiger partial charge in [-0.3, -0.25) is 4.90 Å². The molecule has 1 aliphatic rings. The van der Waals surface area contributed by atoms with Crippen molar-refractivity contribution in [3.05, 3.63) is 65.7 Å². The van der Waals surface area contributed by atoms with E-state index in [1.165, 1.54) is 17.3 Å². The number of carbonyl (C=O) groups is 1. The van der Waals surface area contributed by atoms with E-state index in [1.807, 2.05) is 12.1 Å². The van der Waals surface area contributed by atoms with Crippen molar-refractivity contribution in [1.29, 1.82) is 0 Å². The molecule has 0 radical (unpaired) electrons. The van der Waals surface area contributed by atoms with Crippen LogP contribution in [0.2, 0.25) is 0 Å². The largest absolute Gasteiger partial charge is 0.491 e. The molecule has 0 saturated carbocycles. The van der Waals surface area contributed by atoms with E-state index >= 15 is 0 Å². The van der Waals surface area contributed by atoms with Crippen molar-refractivity contribution in [1.82, 2.24) is 4.90 Å². The summed E-state index contributed by atoms with van der Waals surface area (Å²) in [6, 6.07) is 15.8. The van der Waals surface area contributed by atoms with Gasteiger partial charge in [-0.2, -0.15) is 0 Å². The van der Waals surface area contributed by atoms with E-state index in [1.54, 1.807) is 19.1 Å². The average Bonchev–Trinajstić information content (AvgIpc) is 2.73. The van der Waals surface area contributed by atoms with Crippen molar-refractivity contribution in [3.8, 4) is 5.75 Å². The molecule has 0 aromatic heterocycles. The number of allylic oxidation sites excluding steroid dienone is 1. The zero-order valence-electron chi connectivity index (χ0n) is 17.6. The summed E-state index contributed by atoms with van der Waals surface area (Å²) < 4.78 is 5.71. The molecule has 1 fully saturated rings. The molecule has 1 unspecified atom stereocenters. The third kappa shape index (κ3) is 6.34. The molecule has 3 rings (SSSR count). The molecule has 1 heterocycles. The number of hydrogen-bond donors (Lipinski definition) is 2. The van der Waals surface area contributed by atoms with Crippen molar-refractivity contribution in [2.24, 2.45) is 0 Å². The van der Waals surface area contributed by atoms with Gasteiger partial charge in [0.2, 0.25) is 0 Å². The second-order valence-electron chi connectivity index (χ2n) is 7.78. The van der Waals surface area contributed by atoms with E-state index in [0.717, 1.165) is 31.7 Å². The summed E-state index contributed by atoms with van der Waals surface area (Å²) >= 11 is 0. The summed E-state index contributed by atoms with van der Waals surface area (Å²) in [6.45, 7) is 8.39. The standard InChI is InChI=1S/C24H30N2O4/c1-18-4-3-5-21(14-18)26-12-10-25(11-13-26)16-22(27)17-30-23-8-6-20(7-9-23)19(2)15-24(28)29/h3-9,14-15,22,27H,10-13,16-17H2,1-2H3,(H,28,29). The highest BCUT2D eigenvalue weighted by Crippen LogP contribution is 2.20. The quantitative estimate of drug-likeness (QED) is 0.652. The van der Waals surface area contributed by atoms with Crippen molar-refractivity contribution in [2.75, 3.05) is 44.2 Å². The fourth-order valence-corrected chi connectivity index (χ4v) is 3.64. The minimum absolute atomic E-state index is 0.224. The van der Waals surface area contributed by atoms with Crippen LogP contribution in [0.4, 0.5) is 5.69 Å². The highest BCUT2D eigenvalue weighted by Gasteiger charge is 2.19. The molecule has 1 atom stereocenters. The molecule has 6 heteroatoms. The van der Waals surface area contributed by atoms with Crippen molar-refractivity contribution < 1.29 is 19.7 Å². The Kier molecular flexibility index (Phi) is 7.49. The lowest BCUT2D eigenvalue weighted by atomic mass is 10.1. The molecule has 2 aromatic carbocycles. The Hall–Kier alpha value is -2.83. The van der Waals surface area contributed by atoms with Crippen LogP contribution in [0.15, 0.2) is 54.6 Å².